The molecule has 3 rings (SSSR count). The monoisotopic (exact) mass is 346 g/mol. The van der Waals surface area contributed by atoms with Crippen molar-refractivity contribution >= 4 is 17.0 Å². The molecule has 25 heavy (non-hydrogen) atoms. The molecule has 0 radical (unpaired) electrons. The summed E-state index contributed by atoms with van der Waals surface area (Å²) in [6, 6.07) is 7.69. The number of benzene rings is 1. The molecule has 0 spiro atoms. The highest BCUT2D eigenvalue weighted by Crippen LogP contribution is 2.13. The summed E-state index contributed by atoms with van der Waals surface area (Å²) in [4.78, 5) is 28.4. The van der Waals surface area contributed by atoms with Crippen molar-refractivity contribution in [1.82, 2.24) is 19.7 Å². The number of hydrogen-bond donors (Lipinski definition) is 1. The SMILES string of the molecule is CC[C@H](C)NC(=O)CN1CCN(Cn2c(=O)oc3ccccc32)CC1. The van der Waals surface area contributed by atoms with Gasteiger partial charge < -0.3 is 9.73 Å². The predicted octanol–water partition coefficient (Wildman–Crippen LogP) is 1.08. The van der Waals surface area contributed by atoms with E-state index >= 15 is 0 Å². The van der Waals surface area contributed by atoms with E-state index in [-0.39, 0.29) is 17.7 Å². The molecule has 1 aromatic carbocycles. The Morgan fingerprint density at radius 3 is 2.60 bits per heavy atom. The molecule has 7 heteroatoms. The number of para-hydroxylation sites is 2. The molecule has 0 aliphatic carbocycles. The van der Waals surface area contributed by atoms with Crippen LogP contribution in [0.25, 0.3) is 11.1 Å². The Morgan fingerprint density at radius 2 is 1.88 bits per heavy atom. The van der Waals surface area contributed by atoms with Crippen LogP contribution < -0.4 is 11.1 Å². The molecule has 1 amide bonds. The average Bonchev–Trinajstić information content (AvgIpc) is 2.92. The van der Waals surface area contributed by atoms with Gasteiger partial charge in [0.15, 0.2) is 5.58 Å². The van der Waals surface area contributed by atoms with Crippen LogP contribution in [-0.2, 0) is 11.5 Å². The first-order valence-electron chi connectivity index (χ1n) is 8.89. The summed E-state index contributed by atoms with van der Waals surface area (Å²) in [6.45, 7) is 8.31. The molecule has 1 atom stereocenters. The molecule has 1 saturated heterocycles. The van der Waals surface area contributed by atoms with E-state index in [1.165, 1.54) is 0 Å². The third-order valence-electron chi connectivity index (χ3n) is 4.77. The Balaban J connectivity index is 1.53. The fourth-order valence-corrected chi connectivity index (χ4v) is 3.06. The maximum atomic E-state index is 12.1. The van der Waals surface area contributed by atoms with Crippen molar-refractivity contribution < 1.29 is 9.21 Å². The maximum Gasteiger partial charge on any atom is 0.421 e. The lowest BCUT2D eigenvalue weighted by molar-refractivity contribution is -0.123. The number of carbonyl (C=O) groups is 1. The van der Waals surface area contributed by atoms with Gasteiger partial charge in [-0.25, -0.2) is 4.79 Å². The largest absolute Gasteiger partial charge is 0.421 e. The molecular formula is C18H26N4O3. The number of carbonyl (C=O) groups excluding carboxylic acids is 1. The van der Waals surface area contributed by atoms with Crippen LogP contribution >= 0.6 is 0 Å². The number of rotatable bonds is 6. The van der Waals surface area contributed by atoms with Crippen molar-refractivity contribution in [2.75, 3.05) is 32.7 Å². The second-order valence-electron chi connectivity index (χ2n) is 6.68. The molecule has 0 bridgehead atoms. The average molecular weight is 346 g/mol. The van der Waals surface area contributed by atoms with Crippen molar-refractivity contribution in [3.8, 4) is 0 Å². The Kier molecular flexibility index (Phi) is 5.55. The third kappa shape index (κ3) is 4.29. The zero-order chi connectivity index (χ0) is 17.8. The van der Waals surface area contributed by atoms with Crippen LogP contribution in [0.15, 0.2) is 33.5 Å². The Morgan fingerprint density at radius 1 is 1.20 bits per heavy atom. The van der Waals surface area contributed by atoms with Crippen molar-refractivity contribution in [2.45, 2.75) is 33.0 Å². The van der Waals surface area contributed by atoms with Gasteiger partial charge in [0.2, 0.25) is 5.91 Å². The lowest BCUT2D eigenvalue weighted by Crippen LogP contribution is -2.50. The van der Waals surface area contributed by atoms with Crippen molar-refractivity contribution in [3.63, 3.8) is 0 Å². The Labute approximate surface area is 147 Å². The van der Waals surface area contributed by atoms with Crippen LogP contribution in [0.1, 0.15) is 20.3 Å². The summed E-state index contributed by atoms with van der Waals surface area (Å²) in [5.74, 6) is -0.239. The Bertz CT molecular complexity index is 774. The van der Waals surface area contributed by atoms with E-state index in [2.05, 4.69) is 22.0 Å². The second kappa shape index (κ2) is 7.84. The lowest BCUT2D eigenvalue weighted by atomic mass is 10.2. The number of aromatic nitrogens is 1. The summed E-state index contributed by atoms with van der Waals surface area (Å²) < 4.78 is 6.95. The Hall–Kier alpha value is -2.12. The van der Waals surface area contributed by atoms with E-state index < -0.39 is 0 Å². The fraction of sp³-hybridized carbons (Fsp3) is 0.556. The molecule has 136 valence electrons. The van der Waals surface area contributed by atoms with Gasteiger partial charge in [-0.05, 0) is 25.5 Å². The van der Waals surface area contributed by atoms with Gasteiger partial charge in [-0.2, -0.15) is 0 Å². The molecule has 2 heterocycles. The highest BCUT2D eigenvalue weighted by molar-refractivity contribution is 5.78. The third-order valence-corrected chi connectivity index (χ3v) is 4.77. The van der Waals surface area contributed by atoms with Gasteiger partial charge in [0.25, 0.3) is 0 Å². The van der Waals surface area contributed by atoms with Crippen molar-refractivity contribution in [1.29, 1.82) is 0 Å². The second-order valence-corrected chi connectivity index (χ2v) is 6.68. The minimum absolute atomic E-state index is 0.0832. The topological polar surface area (TPSA) is 70.7 Å². The molecule has 1 N–H and O–H groups in total. The van der Waals surface area contributed by atoms with Crippen LogP contribution in [0.4, 0.5) is 0 Å². The van der Waals surface area contributed by atoms with E-state index in [4.69, 9.17) is 4.42 Å². The van der Waals surface area contributed by atoms with Crippen LogP contribution in [0, 0.1) is 0 Å². The van der Waals surface area contributed by atoms with Crippen LogP contribution in [0.2, 0.25) is 0 Å². The number of fused-ring (bicyclic) bond motifs is 1. The zero-order valence-electron chi connectivity index (χ0n) is 14.9. The van der Waals surface area contributed by atoms with Crippen molar-refractivity contribution in [2.24, 2.45) is 0 Å². The first kappa shape index (κ1) is 17.7. The number of amides is 1. The van der Waals surface area contributed by atoms with Gasteiger partial charge in [-0.15, -0.1) is 0 Å². The van der Waals surface area contributed by atoms with Crippen LogP contribution in [-0.4, -0.2) is 59.0 Å². The first-order valence-corrected chi connectivity index (χ1v) is 8.89. The molecule has 0 unspecified atom stereocenters. The highest BCUT2D eigenvalue weighted by Gasteiger charge is 2.21. The first-order chi connectivity index (χ1) is 12.1. The van der Waals surface area contributed by atoms with Gasteiger partial charge in [0.05, 0.1) is 18.7 Å². The van der Waals surface area contributed by atoms with Gasteiger partial charge in [0.1, 0.15) is 0 Å². The molecule has 1 aliphatic heterocycles. The van der Waals surface area contributed by atoms with E-state index in [1.54, 1.807) is 10.6 Å². The predicted molar refractivity (Wildman–Crippen MR) is 96.4 cm³/mol. The number of hydrogen-bond acceptors (Lipinski definition) is 5. The molecule has 1 aromatic heterocycles. The molecule has 0 saturated carbocycles. The maximum absolute atomic E-state index is 12.1. The molecule has 7 nitrogen and oxygen atoms in total. The van der Waals surface area contributed by atoms with Gasteiger partial charge in [0, 0.05) is 32.2 Å². The van der Waals surface area contributed by atoms with E-state index in [1.807, 2.05) is 25.1 Å². The lowest BCUT2D eigenvalue weighted by Gasteiger charge is -2.34. The molecule has 1 aliphatic rings. The quantitative estimate of drug-likeness (QED) is 0.848. The standard InChI is InChI=1S/C18H26N4O3/c1-3-14(2)19-17(23)12-20-8-10-21(11-9-20)13-22-15-6-4-5-7-16(15)25-18(22)24/h4-7,14H,3,8-13H2,1-2H3,(H,19,23)/t14-/m0/s1. The summed E-state index contributed by atoms with van der Waals surface area (Å²) in [7, 11) is 0. The normalized spacial score (nSPS) is 17.7. The number of nitrogens with one attached hydrogen (secondary N) is 1. The minimum Gasteiger partial charge on any atom is -0.408 e. The fourth-order valence-electron chi connectivity index (χ4n) is 3.06. The van der Waals surface area contributed by atoms with Gasteiger partial charge in [-0.1, -0.05) is 19.1 Å². The summed E-state index contributed by atoms with van der Waals surface area (Å²) in [6.07, 6.45) is 0.937. The van der Waals surface area contributed by atoms with Crippen LogP contribution in [0.3, 0.4) is 0 Å². The summed E-state index contributed by atoms with van der Waals surface area (Å²) >= 11 is 0. The van der Waals surface area contributed by atoms with Gasteiger partial charge in [-0.3, -0.25) is 19.2 Å². The molecule has 1 fully saturated rings. The minimum atomic E-state index is -0.323. The molecular weight excluding hydrogens is 320 g/mol. The van der Waals surface area contributed by atoms with E-state index in [0.29, 0.717) is 18.8 Å². The summed E-state index contributed by atoms with van der Waals surface area (Å²) in [5.41, 5.74) is 1.44. The van der Waals surface area contributed by atoms with E-state index in [0.717, 1.165) is 38.1 Å². The highest BCUT2D eigenvalue weighted by atomic mass is 16.4. The number of nitrogens with zero attached hydrogens (tertiary/aromatic N) is 3. The van der Waals surface area contributed by atoms with Crippen LogP contribution in [0.5, 0.6) is 0 Å². The molecule has 2 aromatic rings. The van der Waals surface area contributed by atoms with Crippen molar-refractivity contribution in [3.05, 3.63) is 34.8 Å². The number of oxazole rings is 1. The zero-order valence-corrected chi connectivity index (χ0v) is 14.9. The smallest absolute Gasteiger partial charge is 0.408 e. The number of piperazine rings is 1. The summed E-state index contributed by atoms with van der Waals surface area (Å²) in [5, 5.41) is 3.00. The van der Waals surface area contributed by atoms with E-state index in [9.17, 15) is 9.59 Å². The van der Waals surface area contributed by atoms with Gasteiger partial charge >= 0.3 is 5.76 Å².